The molecule has 1 fully saturated rings. The van der Waals surface area contributed by atoms with Crippen molar-refractivity contribution in [2.75, 3.05) is 13.1 Å². The molecule has 2 N–H and O–H groups in total. The Bertz CT molecular complexity index is 1030. The second-order valence-electron chi connectivity index (χ2n) is 7.59. The normalized spacial score (nSPS) is 23.1. The van der Waals surface area contributed by atoms with Crippen LogP contribution >= 0.6 is 0 Å². The molecule has 144 valence electrons. The molecular formula is C21H20F2N4O. The van der Waals surface area contributed by atoms with Crippen LogP contribution in [0.5, 0.6) is 0 Å². The van der Waals surface area contributed by atoms with Crippen LogP contribution in [0, 0.1) is 11.6 Å². The number of fused-ring (bicyclic) bond motifs is 2. The summed E-state index contributed by atoms with van der Waals surface area (Å²) in [5, 5.41) is 23.0. The second-order valence-corrected chi connectivity index (χ2v) is 7.59. The molecule has 3 aromatic rings. The molecule has 1 saturated heterocycles. The summed E-state index contributed by atoms with van der Waals surface area (Å²) in [6, 6.07) is 11.0. The van der Waals surface area contributed by atoms with Gasteiger partial charge in [-0.25, -0.2) is 13.5 Å². The van der Waals surface area contributed by atoms with Gasteiger partial charge < -0.3 is 10.4 Å². The Kier molecular flexibility index (Phi) is 4.03. The monoisotopic (exact) mass is 382 g/mol. The quantitative estimate of drug-likeness (QED) is 0.716. The number of nitrogens with zero attached hydrogens (tertiary/aromatic N) is 3. The molecule has 1 aliphatic heterocycles. The highest BCUT2D eigenvalue weighted by Crippen LogP contribution is 2.51. The van der Waals surface area contributed by atoms with E-state index < -0.39 is 17.7 Å². The van der Waals surface area contributed by atoms with Crippen LogP contribution in [-0.2, 0) is 5.41 Å². The molecule has 28 heavy (non-hydrogen) atoms. The lowest BCUT2D eigenvalue weighted by Crippen LogP contribution is -2.47. The second kappa shape index (κ2) is 6.46. The maximum Gasteiger partial charge on any atom is 0.135 e. The number of aromatic nitrogens is 3. The molecule has 2 heterocycles. The lowest BCUT2D eigenvalue weighted by molar-refractivity contribution is 0.0421. The molecule has 0 amide bonds. The minimum atomic E-state index is -0.686. The number of aliphatic hydroxyl groups is 1. The van der Waals surface area contributed by atoms with Crippen LogP contribution in [0.4, 0.5) is 8.78 Å². The van der Waals surface area contributed by atoms with Crippen molar-refractivity contribution in [3.05, 3.63) is 71.4 Å². The van der Waals surface area contributed by atoms with Gasteiger partial charge in [-0.3, -0.25) is 0 Å². The zero-order chi connectivity index (χ0) is 19.3. The number of hydrogen-bond acceptors (Lipinski definition) is 4. The van der Waals surface area contributed by atoms with Crippen molar-refractivity contribution in [1.29, 1.82) is 0 Å². The Morgan fingerprint density at radius 2 is 1.89 bits per heavy atom. The molecule has 0 unspecified atom stereocenters. The summed E-state index contributed by atoms with van der Waals surface area (Å²) in [6.45, 7) is 1.70. The Labute approximate surface area is 161 Å². The van der Waals surface area contributed by atoms with Gasteiger partial charge in [0.2, 0.25) is 0 Å². The van der Waals surface area contributed by atoms with E-state index in [4.69, 9.17) is 0 Å². The first-order valence-corrected chi connectivity index (χ1v) is 9.46. The van der Waals surface area contributed by atoms with E-state index in [0.29, 0.717) is 5.69 Å². The molecule has 5 nitrogen and oxygen atoms in total. The standard InChI is InChI=1S/C21H20F2N4O/c22-13-5-6-15(17(23)11-13)18-12-27(26-25-18)19-14-3-1-2-4-16(14)21(20(19)28)7-9-24-10-8-21/h1-6,11-12,19-20,24,28H,7-10H2/t19-,20+/m1/s1. The van der Waals surface area contributed by atoms with Gasteiger partial charge in [-0.15, -0.1) is 5.10 Å². The first-order valence-electron chi connectivity index (χ1n) is 9.46. The van der Waals surface area contributed by atoms with Crippen LogP contribution in [0.2, 0.25) is 0 Å². The smallest absolute Gasteiger partial charge is 0.135 e. The fraction of sp³-hybridized carbons (Fsp3) is 0.333. The molecule has 0 bridgehead atoms. The first-order chi connectivity index (χ1) is 13.6. The molecule has 2 aromatic carbocycles. The van der Waals surface area contributed by atoms with Gasteiger partial charge >= 0.3 is 0 Å². The van der Waals surface area contributed by atoms with Crippen molar-refractivity contribution in [1.82, 2.24) is 20.3 Å². The van der Waals surface area contributed by atoms with Gasteiger partial charge in [-0.1, -0.05) is 29.5 Å². The van der Waals surface area contributed by atoms with E-state index in [1.54, 1.807) is 10.9 Å². The average Bonchev–Trinajstić information content (AvgIpc) is 3.26. The Morgan fingerprint density at radius 1 is 1.11 bits per heavy atom. The van der Waals surface area contributed by atoms with Gasteiger partial charge in [-0.05, 0) is 49.2 Å². The third kappa shape index (κ3) is 2.50. The van der Waals surface area contributed by atoms with Gasteiger partial charge in [0, 0.05) is 17.0 Å². The summed E-state index contributed by atoms with van der Waals surface area (Å²) in [6.07, 6.45) is 2.66. The molecule has 5 rings (SSSR count). The van der Waals surface area contributed by atoms with Crippen molar-refractivity contribution in [2.45, 2.75) is 30.4 Å². The maximum atomic E-state index is 14.2. The Balaban J connectivity index is 1.58. The summed E-state index contributed by atoms with van der Waals surface area (Å²) >= 11 is 0. The van der Waals surface area contributed by atoms with Gasteiger partial charge in [-0.2, -0.15) is 0 Å². The van der Waals surface area contributed by atoms with E-state index in [1.165, 1.54) is 12.1 Å². The lowest BCUT2D eigenvalue weighted by Gasteiger charge is -2.38. The highest BCUT2D eigenvalue weighted by Gasteiger charge is 2.52. The summed E-state index contributed by atoms with van der Waals surface area (Å²) < 4.78 is 29.0. The van der Waals surface area contributed by atoms with E-state index in [-0.39, 0.29) is 17.0 Å². The first kappa shape index (κ1) is 17.5. The van der Waals surface area contributed by atoms with E-state index in [1.807, 2.05) is 18.2 Å². The van der Waals surface area contributed by atoms with Crippen molar-refractivity contribution in [3.63, 3.8) is 0 Å². The average molecular weight is 382 g/mol. The zero-order valence-electron chi connectivity index (χ0n) is 15.1. The molecule has 7 heteroatoms. The van der Waals surface area contributed by atoms with Crippen LogP contribution in [0.15, 0.2) is 48.7 Å². The Hall–Kier alpha value is -2.64. The highest BCUT2D eigenvalue weighted by atomic mass is 19.1. The zero-order valence-corrected chi connectivity index (χ0v) is 15.1. The fourth-order valence-electron chi connectivity index (χ4n) is 4.80. The van der Waals surface area contributed by atoms with E-state index >= 15 is 0 Å². The predicted molar refractivity (Wildman–Crippen MR) is 99.7 cm³/mol. The molecule has 0 radical (unpaired) electrons. The molecule has 0 saturated carbocycles. The Morgan fingerprint density at radius 3 is 2.68 bits per heavy atom. The van der Waals surface area contributed by atoms with Crippen molar-refractivity contribution < 1.29 is 13.9 Å². The molecule has 2 atom stereocenters. The minimum absolute atomic E-state index is 0.185. The number of piperidine rings is 1. The van der Waals surface area contributed by atoms with Crippen LogP contribution in [0.25, 0.3) is 11.3 Å². The molecule has 1 aromatic heterocycles. The number of nitrogens with one attached hydrogen (secondary N) is 1. The lowest BCUT2D eigenvalue weighted by atomic mass is 9.72. The largest absolute Gasteiger partial charge is 0.390 e. The number of rotatable bonds is 2. The minimum Gasteiger partial charge on any atom is -0.390 e. The maximum absolute atomic E-state index is 14.2. The summed E-state index contributed by atoms with van der Waals surface area (Å²) in [4.78, 5) is 0. The van der Waals surface area contributed by atoms with E-state index in [0.717, 1.165) is 43.1 Å². The molecule has 1 aliphatic carbocycles. The number of hydrogen-bond donors (Lipinski definition) is 2. The van der Waals surface area contributed by atoms with Gasteiger partial charge in [0.25, 0.3) is 0 Å². The third-order valence-electron chi connectivity index (χ3n) is 6.18. The number of aliphatic hydroxyl groups excluding tert-OH is 1. The van der Waals surface area contributed by atoms with Crippen LogP contribution < -0.4 is 5.32 Å². The summed E-state index contributed by atoms with van der Waals surface area (Å²) in [5.41, 5.74) is 2.35. The van der Waals surface area contributed by atoms with Crippen molar-refractivity contribution >= 4 is 0 Å². The third-order valence-corrected chi connectivity index (χ3v) is 6.18. The van der Waals surface area contributed by atoms with Crippen molar-refractivity contribution in [2.24, 2.45) is 0 Å². The molecular weight excluding hydrogens is 362 g/mol. The van der Waals surface area contributed by atoms with Crippen LogP contribution in [-0.4, -0.2) is 39.3 Å². The number of halogens is 2. The SMILES string of the molecule is O[C@H]1[C@H](n2cc(-c3ccc(F)cc3F)nn2)c2ccccc2C12CCNCC2. The highest BCUT2D eigenvalue weighted by molar-refractivity contribution is 5.58. The van der Waals surface area contributed by atoms with Gasteiger partial charge in [0.15, 0.2) is 0 Å². The van der Waals surface area contributed by atoms with Gasteiger partial charge in [0.05, 0.1) is 12.3 Å². The van der Waals surface area contributed by atoms with Crippen LogP contribution in [0.3, 0.4) is 0 Å². The molecule has 1 spiro atoms. The van der Waals surface area contributed by atoms with E-state index in [9.17, 15) is 13.9 Å². The topological polar surface area (TPSA) is 63.0 Å². The molecule has 2 aliphatic rings. The predicted octanol–water partition coefficient (Wildman–Crippen LogP) is 2.81. The number of benzene rings is 2. The van der Waals surface area contributed by atoms with Crippen molar-refractivity contribution in [3.8, 4) is 11.3 Å². The van der Waals surface area contributed by atoms with E-state index in [2.05, 4.69) is 21.7 Å². The summed E-state index contributed by atoms with van der Waals surface area (Å²) in [7, 11) is 0. The fourth-order valence-corrected chi connectivity index (χ4v) is 4.80. The van der Waals surface area contributed by atoms with Crippen LogP contribution in [0.1, 0.15) is 30.0 Å². The van der Waals surface area contributed by atoms with Gasteiger partial charge in [0.1, 0.15) is 23.4 Å². The summed E-state index contributed by atoms with van der Waals surface area (Å²) in [5.74, 6) is -1.32.